The van der Waals surface area contributed by atoms with E-state index in [1.165, 1.54) is 7.11 Å². The van der Waals surface area contributed by atoms with E-state index in [-0.39, 0.29) is 12.4 Å². The standard InChI is InChI=1S/C27H26N2O5/c1-19-23(29-27(34-19)21-8-4-3-5-9-21)14-15-32-25-13-12-20(17-28-25)18-33-24-11-7-6-10-22(24)16-26(30)31-2/h3-13,17H,14-16,18H2,1-2H3. The van der Waals surface area contributed by atoms with E-state index in [2.05, 4.69) is 9.97 Å². The SMILES string of the molecule is COC(=O)Cc1ccccc1OCc1ccc(OCCc2nc(-c3ccccc3)oc2C)nc1. The summed E-state index contributed by atoms with van der Waals surface area (Å²) in [6, 6.07) is 20.9. The van der Waals surface area contributed by atoms with E-state index >= 15 is 0 Å². The van der Waals surface area contributed by atoms with Crippen LogP contribution in [0, 0.1) is 6.92 Å². The molecule has 7 heteroatoms. The Hall–Kier alpha value is -4.13. The highest BCUT2D eigenvalue weighted by atomic mass is 16.5. The van der Waals surface area contributed by atoms with Gasteiger partial charge in [-0.1, -0.05) is 36.4 Å². The summed E-state index contributed by atoms with van der Waals surface area (Å²) < 4.78 is 22.2. The molecule has 2 aromatic carbocycles. The molecule has 4 rings (SSSR count). The molecule has 0 radical (unpaired) electrons. The van der Waals surface area contributed by atoms with E-state index in [1.807, 2.05) is 73.7 Å². The summed E-state index contributed by atoms with van der Waals surface area (Å²) >= 11 is 0. The predicted molar refractivity (Wildman–Crippen MR) is 127 cm³/mol. The molecule has 0 spiro atoms. The zero-order chi connectivity index (χ0) is 23.8. The van der Waals surface area contributed by atoms with Crippen molar-refractivity contribution in [3.05, 3.63) is 95.5 Å². The van der Waals surface area contributed by atoms with Crippen molar-refractivity contribution in [2.24, 2.45) is 0 Å². The zero-order valence-corrected chi connectivity index (χ0v) is 19.2. The summed E-state index contributed by atoms with van der Waals surface area (Å²) in [7, 11) is 1.37. The van der Waals surface area contributed by atoms with E-state index < -0.39 is 0 Å². The lowest BCUT2D eigenvalue weighted by Gasteiger charge is -2.11. The summed E-state index contributed by atoms with van der Waals surface area (Å²) in [5.74, 6) is 2.26. The van der Waals surface area contributed by atoms with Crippen LogP contribution >= 0.6 is 0 Å². The highest BCUT2D eigenvalue weighted by Gasteiger charge is 2.12. The number of aryl methyl sites for hydroxylation is 1. The number of aromatic nitrogens is 2. The Balaban J connectivity index is 1.28. The molecule has 4 aromatic rings. The van der Waals surface area contributed by atoms with Crippen molar-refractivity contribution in [3.8, 4) is 23.1 Å². The van der Waals surface area contributed by atoms with Crippen molar-refractivity contribution in [3.63, 3.8) is 0 Å². The van der Waals surface area contributed by atoms with Crippen molar-refractivity contribution in [1.29, 1.82) is 0 Å². The smallest absolute Gasteiger partial charge is 0.310 e. The number of rotatable bonds is 10. The Morgan fingerprint density at radius 3 is 2.53 bits per heavy atom. The molecule has 0 aliphatic heterocycles. The number of para-hydroxylation sites is 1. The maximum absolute atomic E-state index is 11.6. The van der Waals surface area contributed by atoms with Gasteiger partial charge in [0.1, 0.15) is 18.1 Å². The van der Waals surface area contributed by atoms with Gasteiger partial charge in [0, 0.05) is 35.4 Å². The van der Waals surface area contributed by atoms with Gasteiger partial charge in [0.05, 0.1) is 25.8 Å². The Kier molecular flexibility index (Phi) is 7.55. The maximum atomic E-state index is 11.6. The molecule has 0 aliphatic rings. The second-order valence-electron chi connectivity index (χ2n) is 7.64. The average molecular weight is 459 g/mol. The molecule has 174 valence electrons. The topological polar surface area (TPSA) is 83.7 Å². The predicted octanol–water partition coefficient (Wildman–Crippen LogP) is 4.96. The zero-order valence-electron chi connectivity index (χ0n) is 19.2. The minimum absolute atomic E-state index is 0.162. The van der Waals surface area contributed by atoms with Crippen LogP contribution in [0.4, 0.5) is 0 Å². The largest absolute Gasteiger partial charge is 0.489 e. The molecule has 0 unspecified atom stereocenters. The van der Waals surface area contributed by atoms with Crippen LogP contribution < -0.4 is 9.47 Å². The third kappa shape index (κ3) is 6.01. The van der Waals surface area contributed by atoms with Gasteiger partial charge in [-0.2, -0.15) is 0 Å². The Morgan fingerprint density at radius 1 is 0.971 bits per heavy atom. The first-order valence-corrected chi connectivity index (χ1v) is 11.0. The van der Waals surface area contributed by atoms with E-state index in [0.29, 0.717) is 37.2 Å². The minimum atomic E-state index is -0.309. The molecule has 0 aliphatic carbocycles. The first-order chi connectivity index (χ1) is 16.6. The van der Waals surface area contributed by atoms with Crippen LogP contribution in [0.25, 0.3) is 11.5 Å². The number of hydrogen-bond donors (Lipinski definition) is 0. The van der Waals surface area contributed by atoms with Crippen LogP contribution in [0.3, 0.4) is 0 Å². The summed E-state index contributed by atoms with van der Waals surface area (Å²) in [5.41, 5.74) is 3.49. The molecule has 0 bridgehead atoms. The monoisotopic (exact) mass is 458 g/mol. The molecule has 0 atom stereocenters. The minimum Gasteiger partial charge on any atom is -0.489 e. The third-order valence-electron chi connectivity index (χ3n) is 5.23. The number of pyridine rings is 1. The van der Waals surface area contributed by atoms with Crippen molar-refractivity contribution in [1.82, 2.24) is 9.97 Å². The molecule has 2 heterocycles. The van der Waals surface area contributed by atoms with Gasteiger partial charge in [0.2, 0.25) is 11.8 Å². The number of ether oxygens (including phenoxy) is 3. The first kappa shape index (κ1) is 23.0. The third-order valence-corrected chi connectivity index (χ3v) is 5.23. The lowest BCUT2D eigenvalue weighted by atomic mass is 10.1. The first-order valence-electron chi connectivity index (χ1n) is 11.0. The fourth-order valence-electron chi connectivity index (χ4n) is 3.38. The van der Waals surface area contributed by atoms with E-state index in [1.54, 1.807) is 6.20 Å². The number of carbonyl (C=O) groups is 1. The highest BCUT2D eigenvalue weighted by Crippen LogP contribution is 2.22. The number of esters is 1. The van der Waals surface area contributed by atoms with E-state index in [0.717, 1.165) is 28.1 Å². The van der Waals surface area contributed by atoms with Gasteiger partial charge in [0.25, 0.3) is 0 Å². The molecule has 0 saturated heterocycles. The number of benzene rings is 2. The Bertz CT molecular complexity index is 1220. The Labute approximate surface area is 198 Å². The quantitative estimate of drug-likeness (QED) is 0.311. The lowest BCUT2D eigenvalue weighted by molar-refractivity contribution is -0.139. The van der Waals surface area contributed by atoms with Crippen molar-refractivity contribution in [2.75, 3.05) is 13.7 Å². The maximum Gasteiger partial charge on any atom is 0.310 e. The molecule has 7 nitrogen and oxygen atoms in total. The van der Waals surface area contributed by atoms with Gasteiger partial charge in [0.15, 0.2) is 0 Å². The highest BCUT2D eigenvalue weighted by molar-refractivity contribution is 5.73. The van der Waals surface area contributed by atoms with Gasteiger partial charge in [-0.25, -0.2) is 9.97 Å². The van der Waals surface area contributed by atoms with Gasteiger partial charge in [-0.15, -0.1) is 0 Å². The van der Waals surface area contributed by atoms with Gasteiger partial charge >= 0.3 is 5.97 Å². The van der Waals surface area contributed by atoms with Crippen molar-refractivity contribution in [2.45, 2.75) is 26.4 Å². The fraction of sp³-hybridized carbons (Fsp3) is 0.222. The molecule has 0 saturated carbocycles. The van der Waals surface area contributed by atoms with Crippen LogP contribution in [0.1, 0.15) is 22.6 Å². The molecular formula is C27H26N2O5. The molecule has 0 amide bonds. The average Bonchev–Trinajstić information content (AvgIpc) is 3.25. The van der Waals surface area contributed by atoms with E-state index in [4.69, 9.17) is 18.6 Å². The summed E-state index contributed by atoms with van der Waals surface area (Å²) in [4.78, 5) is 20.6. The molecule has 0 N–H and O–H groups in total. The number of methoxy groups -OCH3 is 1. The number of oxazole rings is 1. The summed E-state index contributed by atoms with van der Waals surface area (Å²) in [5, 5.41) is 0. The normalized spacial score (nSPS) is 10.6. The second kappa shape index (κ2) is 11.1. The van der Waals surface area contributed by atoms with Gasteiger partial charge in [-0.05, 0) is 31.2 Å². The van der Waals surface area contributed by atoms with Crippen molar-refractivity contribution < 1.29 is 23.4 Å². The molecule has 34 heavy (non-hydrogen) atoms. The fourth-order valence-corrected chi connectivity index (χ4v) is 3.38. The van der Waals surface area contributed by atoms with Gasteiger partial charge < -0.3 is 18.6 Å². The molecular weight excluding hydrogens is 432 g/mol. The molecule has 0 fully saturated rings. The van der Waals surface area contributed by atoms with Crippen LogP contribution in [0.15, 0.2) is 77.3 Å². The van der Waals surface area contributed by atoms with Crippen LogP contribution in [-0.2, 0) is 29.0 Å². The van der Waals surface area contributed by atoms with Gasteiger partial charge in [-0.3, -0.25) is 4.79 Å². The second-order valence-corrected chi connectivity index (χ2v) is 7.64. The number of hydrogen-bond acceptors (Lipinski definition) is 7. The number of carbonyl (C=O) groups excluding carboxylic acids is 1. The van der Waals surface area contributed by atoms with Crippen LogP contribution in [0.2, 0.25) is 0 Å². The lowest BCUT2D eigenvalue weighted by Crippen LogP contribution is -2.07. The van der Waals surface area contributed by atoms with Crippen LogP contribution in [-0.4, -0.2) is 29.7 Å². The van der Waals surface area contributed by atoms with Crippen LogP contribution in [0.5, 0.6) is 11.6 Å². The Morgan fingerprint density at radius 2 is 1.76 bits per heavy atom. The summed E-state index contributed by atoms with van der Waals surface area (Å²) in [6.07, 6.45) is 2.49. The molecule has 2 aromatic heterocycles. The van der Waals surface area contributed by atoms with E-state index in [9.17, 15) is 4.79 Å². The number of nitrogens with zero attached hydrogens (tertiary/aromatic N) is 2. The summed E-state index contributed by atoms with van der Waals surface area (Å²) in [6.45, 7) is 2.67. The van der Waals surface area contributed by atoms with Crippen molar-refractivity contribution >= 4 is 5.97 Å².